The number of hydrogen-bond acceptors (Lipinski definition) is 2. The third-order valence-electron chi connectivity index (χ3n) is 2.67. The van der Waals surface area contributed by atoms with E-state index in [0.29, 0.717) is 16.9 Å². The summed E-state index contributed by atoms with van der Waals surface area (Å²) in [5.41, 5.74) is 6.33. The van der Waals surface area contributed by atoms with Crippen molar-refractivity contribution < 1.29 is 13.5 Å². The monoisotopic (exact) mass is 307 g/mol. The van der Waals surface area contributed by atoms with Crippen LogP contribution in [0, 0.1) is 23.5 Å². The first-order valence-corrected chi connectivity index (χ1v) is 6.53. The number of rotatable bonds is 3. The molecule has 0 radical (unpaired) electrons. The van der Waals surface area contributed by atoms with E-state index in [0.717, 1.165) is 0 Å². The highest BCUT2D eigenvalue weighted by Crippen LogP contribution is 2.23. The van der Waals surface area contributed by atoms with Crippen molar-refractivity contribution in [3.05, 3.63) is 64.2 Å². The van der Waals surface area contributed by atoms with Gasteiger partial charge >= 0.3 is 0 Å². The first kappa shape index (κ1) is 15.3. The van der Waals surface area contributed by atoms with Crippen molar-refractivity contribution in [1.29, 1.82) is 0 Å². The molecule has 0 aliphatic carbocycles. The summed E-state index contributed by atoms with van der Waals surface area (Å²) >= 11 is 5.92. The van der Waals surface area contributed by atoms with Crippen LogP contribution in [0.25, 0.3) is 0 Å². The molecule has 0 heterocycles. The summed E-state index contributed by atoms with van der Waals surface area (Å²) < 4.78 is 31.8. The highest BCUT2D eigenvalue weighted by Gasteiger charge is 2.06. The molecule has 0 spiro atoms. The summed E-state index contributed by atoms with van der Waals surface area (Å²) in [6, 6.07) is 8.06. The lowest BCUT2D eigenvalue weighted by Crippen LogP contribution is -1.99. The lowest BCUT2D eigenvalue weighted by atomic mass is 10.2. The van der Waals surface area contributed by atoms with Crippen molar-refractivity contribution in [3.8, 4) is 17.6 Å². The molecule has 0 atom stereocenters. The van der Waals surface area contributed by atoms with Crippen LogP contribution in [0.5, 0.6) is 5.75 Å². The molecule has 5 heteroatoms. The Bertz CT molecular complexity index is 707. The number of halogens is 3. The van der Waals surface area contributed by atoms with Gasteiger partial charge in [-0.3, -0.25) is 0 Å². The molecule has 2 N–H and O–H groups in total. The van der Waals surface area contributed by atoms with Crippen LogP contribution in [-0.2, 0) is 6.61 Å². The average molecular weight is 308 g/mol. The van der Waals surface area contributed by atoms with E-state index < -0.39 is 11.6 Å². The van der Waals surface area contributed by atoms with Gasteiger partial charge < -0.3 is 10.5 Å². The molecule has 0 aliphatic rings. The summed E-state index contributed by atoms with van der Waals surface area (Å²) in [6.45, 7) is 0.293. The molecule has 0 saturated heterocycles. The molecule has 2 aromatic rings. The molecule has 2 aromatic carbocycles. The Hall–Kier alpha value is -2.09. The molecule has 108 valence electrons. The molecule has 0 fully saturated rings. The van der Waals surface area contributed by atoms with Gasteiger partial charge in [0.15, 0.2) is 0 Å². The predicted octanol–water partition coefficient (Wildman–Crippen LogP) is 3.51. The fourth-order valence-electron chi connectivity index (χ4n) is 1.67. The fraction of sp³-hybridized carbons (Fsp3) is 0.125. The zero-order chi connectivity index (χ0) is 15.2. The largest absolute Gasteiger partial charge is 0.488 e. The van der Waals surface area contributed by atoms with Gasteiger partial charge in [-0.05, 0) is 30.3 Å². The van der Waals surface area contributed by atoms with Gasteiger partial charge in [0.25, 0.3) is 0 Å². The molecule has 21 heavy (non-hydrogen) atoms. The first-order chi connectivity index (χ1) is 10.1. The minimum atomic E-state index is -0.417. The standard InChI is InChI=1S/C16H12ClF2NO/c17-15-9-14(19)4-3-12(15)10-21-16-6-5-13(18)8-11(16)2-1-7-20/h3-6,8-9H,7,10,20H2. The topological polar surface area (TPSA) is 35.2 Å². The second kappa shape index (κ2) is 7.07. The highest BCUT2D eigenvalue weighted by molar-refractivity contribution is 6.31. The quantitative estimate of drug-likeness (QED) is 0.881. The van der Waals surface area contributed by atoms with E-state index in [9.17, 15) is 8.78 Å². The molecular weight excluding hydrogens is 296 g/mol. The maximum absolute atomic E-state index is 13.2. The lowest BCUT2D eigenvalue weighted by Gasteiger charge is -2.10. The Kier molecular flexibility index (Phi) is 5.15. The van der Waals surface area contributed by atoms with Crippen LogP contribution in [0.2, 0.25) is 5.02 Å². The fourth-order valence-corrected chi connectivity index (χ4v) is 1.89. The van der Waals surface area contributed by atoms with Gasteiger partial charge in [0.1, 0.15) is 24.0 Å². The Morgan fingerprint density at radius 1 is 1.10 bits per heavy atom. The molecule has 0 aromatic heterocycles. The van der Waals surface area contributed by atoms with Crippen LogP contribution >= 0.6 is 11.6 Å². The second-order valence-corrected chi connectivity index (χ2v) is 4.58. The smallest absolute Gasteiger partial charge is 0.135 e. The van der Waals surface area contributed by atoms with E-state index in [4.69, 9.17) is 22.1 Å². The number of hydrogen-bond donors (Lipinski definition) is 1. The van der Waals surface area contributed by atoms with Gasteiger partial charge in [0.05, 0.1) is 17.1 Å². The van der Waals surface area contributed by atoms with Crippen molar-refractivity contribution in [2.75, 3.05) is 6.54 Å². The highest BCUT2D eigenvalue weighted by atomic mass is 35.5. The van der Waals surface area contributed by atoms with Gasteiger partial charge in [-0.2, -0.15) is 0 Å². The summed E-state index contributed by atoms with van der Waals surface area (Å²) in [6.07, 6.45) is 0. The van der Waals surface area contributed by atoms with Gasteiger partial charge in [-0.15, -0.1) is 0 Å². The minimum absolute atomic E-state index is 0.127. The van der Waals surface area contributed by atoms with Crippen LogP contribution in [0.4, 0.5) is 8.78 Å². The van der Waals surface area contributed by atoms with Crippen LogP contribution in [0.1, 0.15) is 11.1 Å². The van der Waals surface area contributed by atoms with E-state index in [-0.39, 0.29) is 18.2 Å². The predicted molar refractivity (Wildman–Crippen MR) is 78.1 cm³/mol. The molecule has 0 saturated carbocycles. The zero-order valence-electron chi connectivity index (χ0n) is 11.0. The second-order valence-electron chi connectivity index (χ2n) is 4.17. The van der Waals surface area contributed by atoms with Crippen molar-refractivity contribution >= 4 is 11.6 Å². The molecule has 0 unspecified atom stereocenters. The maximum atomic E-state index is 13.2. The molecular formula is C16H12ClF2NO. The Morgan fingerprint density at radius 2 is 1.81 bits per heavy atom. The number of ether oxygens (including phenoxy) is 1. The molecule has 2 rings (SSSR count). The molecule has 0 bridgehead atoms. The minimum Gasteiger partial charge on any atom is -0.488 e. The Labute approximate surface area is 126 Å². The first-order valence-electron chi connectivity index (χ1n) is 6.15. The van der Waals surface area contributed by atoms with Crippen LogP contribution in [0.15, 0.2) is 36.4 Å². The van der Waals surface area contributed by atoms with Crippen molar-refractivity contribution in [3.63, 3.8) is 0 Å². The van der Waals surface area contributed by atoms with Crippen LogP contribution < -0.4 is 10.5 Å². The van der Waals surface area contributed by atoms with Gasteiger partial charge in [0, 0.05) is 5.56 Å². The van der Waals surface area contributed by atoms with Crippen molar-refractivity contribution in [2.24, 2.45) is 5.73 Å². The van der Waals surface area contributed by atoms with E-state index in [1.165, 1.54) is 36.4 Å². The summed E-state index contributed by atoms with van der Waals surface area (Å²) in [4.78, 5) is 0. The van der Waals surface area contributed by atoms with E-state index in [1.54, 1.807) is 0 Å². The molecule has 0 amide bonds. The van der Waals surface area contributed by atoms with Gasteiger partial charge in [0.2, 0.25) is 0 Å². The Morgan fingerprint density at radius 3 is 2.52 bits per heavy atom. The van der Waals surface area contributed by atoms with E-state index >= 15 is 0 Å². The summed E-state index contributed by atoms with van der Waals surface area (Å²) in [7, 11) is 0. The maximum Gasteiger partial charge on any atom is 0.135 e. The number of nitrogens with two attached hydrogens (primary N) is 1. The third-order valence-corrected chi connectivity index (χ3v) is 3.02. The Balaban J connectivity index is 2.19. The SMILES string of the molecule is NCC#Cc1cc(F)ccc1OCc1ccc(F)cc1Cl. The average Bonchev–Trinajstić information content (AvgIpc) is 2.45. The van der Waals surface area contributed by atoms with E-state index in [1.807, 2.05) is 0 Å². The summed E-state index contributed by atoms with van der Waals surface area (Å²) in [5, 5.41) is 0.270. The lowest BCUT2D eigenvalue weighted by molar-refractivity contribution is 0.305. The van der Waals surface area contributed by atoms with Crippen LogP contribution in [-0.4, -0.2) is 6.54 Å². The molecule has 2 nitrogen and oxygen atoms in total. The third kappa shape index (κ3) is 4.19. The number of benzene rings is 2. The normalized spacial score (nSPS) is 9.90. The van der Waals surface area contributed by atoms with Gasteiger partial charge in [-0.25, -0.2) is 8.78 Å². The molecule has 0 aliphatic heterocycles. The summed E-state index contributed by atoms with van der Waals surface area (Å²) in [5.74, 6) is 4.97. The van der Waals surface area contributed by atoms with Crippen molar-refractivity contribution in [1.82, 2.24) is 0 Å². The zero-order valence-corrected chi connectivity index (χ0v) is 11.8. The van der Waals surface area contributed by atoms with E-state index in [2.05, 4.69) is 11.8 Å². The van der Waals surface area contributed by atoms with Crippen LogP contribution in [0.3, 0.4) is 0 Å². The van der Waals surface area contributed by atoms with Gasteiger partial charge in [-0.1, -0.05) is 29.5 Å². The van der Waals surface area contributed by atoms with Crippen molar-refractivity contribution in [2.45, 2.75) is 6.61 Å².